The van der Waals surface area contributed by atoms with E-state index >= 15 is 0 Å². The fourth-order valence-corrected chi connectivity index (χ4v) is 10.1. The molecule has 39 heavy (non-hydrogen) atoms. The van der Waals surface area contributed by atoms with Crippen LogP contribution in [0.25, 0.3) is 0 Å². The minimum atomic E-state index is -0.614. The second kappa shape index (κ2) is 14.9. The normalized spacial score (nSPS) is 11.4. The molecule has 194 valence electrons. The molecule has 0 heterocycles. The van der Waals surface area contributed by atoms with E-state index in [1.54, 1.807) is 0 Å². The molecule has 0 bridgehead atoms. The van der Waals surface area contributed by atoms with Gasteiger partial charge in [-0.05, 0) is 42.7 Å². The topological polar surface area (TPSA) is 0 Å². The summed E-state index contributed by atoms with van der Waals surface area (Å²) < 4.78 is 0. The number of hydrogen-bond acceptors (Lipinski definition) is 0. The summed E-state index contributed by atoms with van der Waals surface area (Å²) in [6, 6.07) is 61.2. The van der Waals surface area contributed by atoms with E-state index < -0.39 is 15.8 Å². The summed E-state index contributed by atoms with van der Waals surface area (Å²) in [5.41, 5.74) is 1.89. The van der Waals surface area contributed by atoms with Crippen LogP contribution >= 0.6 is 15.8 Å². The van der Waals surface area contributed by atoms with Crippen LogP contribution in [-0.2, 0) is 17.1 Å². The minimum absolute atomic E-state index is 0. The van der Waals surface area contributed by atoms with Crippen LogP contribution in [-0.4, -0.2) is 0 Å². The molecule has 0 nitrogen and oxygen atoms in total. The van der Waals surface area contributed by atoms with Crippen LogP contribution in [0.15, 0.2) is 170 Å². The molecule has 6 aromatic rings. The van der Waals surface area contributed by atoms with Gasteiger partial charge in [0.1, 0.15) is 0 Å². The molecule has 0 aliphatic carbocycles. The van der Waals surface area contributed by atoms with Gasteiger partial charge in [0, 0.05) is 0 Å². The first-order valence-corrected chi connectivity index (χ1v) is 15.8. The summed E-state index contributed by atoms with van der Waals surface area (Å²) in [4.78, 5) is 0. The number of rotatable bonds is 7. The first-order valence-electron chi connectivity index (χ1n) is 13.0. The molecular formula is C36H32FeP2. The van der Waals surface area contributed by atoms with Crippen molar-refractivity contribution in [2.75, 3.05) is 0 Å². The van der Waals surface area contributed by atoms with Crippen molar-refractivity contribution in [2.45, 2.75) is 12.6 Å². The van der Waals surface area contributed by atoms with Gasteiger partial charge in [0.05, 0.1) is 0 Å². The van der Waals surface area contributed by atoms with Gasteiger partial charge in [-0.2, -0.15) is 24.3 Å². The first-order chi connectivity index (χ1) is 18.8. The largest absolute Gasteiger partial charge is 2.00 e. The Morgan fingerprint density at radius 1 is 0.513 bits per heavy atom. The molecule has 0 saturated heterocycles. The monoisotopic (exact) mass is 582 g/mol. The molecule has 3 heteroatoms. The second-order valence-corrected chi connectivity index (χ2v) is 13.8. The van der Waals surface area contributed by atoms with Gasteiger partial charge in [0.15, 0.2) is 0 Å². The van der Waals surface area contributed by atoms with E-state index in [1.165, 1.54) is 32.1 Å². The summed E-state index contributed by atoms with van der Waals surface area (Å²) in [6.45, 7) is 2.42. The van der Waals surface area contributed by atoms with Crippen molar-refractivity contribution >= 4 is 42.4 Å². The van der Waals surface area contributed by atoms with Crippen LogP contribution in [0.1, 0.15) is 18.1 Å². The zero-order chi connectivity index (χ0) is 26.0. The smallest absolute Gasteiger partial charge is 0.214 e. The Labute approximate surface area is 246 Å². The van der Waals surface area contributed by atoms with Gasteiger partial charge in [0.2, 0.25) is 0 Å². The maximum absolute atomic E-state index is 2.42. The van der Waals surface area contributed by atoms with E-state index in [1.807, 2.05) is 30.3 Å². The summed E-state index contributed by atoms with van der Waals surface area (Å²) in [5, 5.41) is 7.16. The van der Waals surface area contributed by atoms with Crippen molar-refractivity contribution in [3.63, 3.8) is 0 Å². The molecular weight excluding hydrogens is 550 g/mol. The molecule has 6 aromatic carbocycles. The van der Waals surface area contributed by atoms with Gasteiger partial charge >= 0.3 is 17.1 Å². The zero-order valence-corrected chi connectivity index (χ0v) is 24.9. The standard InChI is InChI=1S/C31H27P2.C5H5.Fe/c1-25(32(26-15-6-2-7-16-26)27-17-8-3-9-18-27)30-23-14-24-31(30)33(28-19-10-4-11-20-28)29-21-12-5-13-22-29;1-2-4-5-3-1;/h2-25H,1H3;1-5H;/q2*-1;+2/t25-;;/m0../s1. The molecule has 6 rings (SSSR count). The zero-order valence-electron chi connectivity index (χ0n) is 22.0. The van der Waals surface area contributed by atoms with Gasteiger partial charge in [-0.3, -0.25) is 0 Å². The van der Waals surface area contributed by atoms with Gasteiger partial charge in [-0.1, -0.05) is 128 Å². The van der Waals surface area contributed by atoms with Crippen LogP contribution in [0.5, 0.6) is 0 Å². The van der Waals surface area contributed by atoms with E-state index in [2.05, 4.69) is 146 Å². The summed E-state index contributed by atoms with van der Waals surface area (Å²) in [7, 11) is -1.15. The minimum Gasteiger partial charge on any atom is -0.214 e. The maximum Gasteiger partial charge on any atom is 2.00 e. The molecule has 0 N–H and O–H groups in total. The van der Waals surface area contributed by atoms with Gasteiger partial charge < -0.3 is 0 Å². The van der Waals surface area contributed by atoms with Crippen molar-refractivity contribution in [3.8, 4) is 0 Å². The van der Waals surface area contributed by atoms with Crippen molar-refractivity contribution in [1.29, 1.82) is 0 Å². The Hall–Kier alpha value is -3.04. The van der Waals surface area contributed by atoms with E-state index in [-0.39, 0.29) is 17.1 Å². The maximum atomic E-state index is 2.42. The third kappa shape index (κ3) is 7.33. The fraction of sp³-hybridized carbons (Fsp3) is 0.0556. The Morgan fingerprint density at radius 3 is 1.31 bits per heavy atom. The summed E-state index contributed by atoms with van der Waals surface area (Å²) >= 11 is 0. The van der Waals surface area contributed by atoms with E-state index in [0.29, 0.717) is 5.66 Å². The molecule has 1 atom stereocenters. The third-order valence-electron chi connectivity index (χ3n) is 6.56. The van der Waals surface area contributed by atoms with Crippen LogP contribution in [0.3, 0.4) is 0 Å². The quantitative estimate of drug-likeness (QED) is 0.103. The predicted octanol–water partition coefficient (Wildman–Crippen LogP) is 7.76. The average Bonchev–Trinajstić information content (AvgIpc) is 3.72. The van der Waals surface area contributed by atoms with Crippen molar-refractivity contribution in [2.24, 2.45) is 0 Å². The van der Waals surface area contributed by atoms with E-state index in [4.69, 9.17) is 0 Å². The molecule has 0 saturated carbocycles. The fourth-order valence-electron chi connectivity index (χ4n) is 4.80. The summed E-state index contributed by atoms with van der Waals surface area (Å²) in [5.74, 6) is 0. The Kier molecular flexibility index (Phi) is 11.1. The molecule has 0 amide bonds. The van der Waals surface area contributed by atoms with Gasteiger partial charge in [0.25, 0.3) is 0 Å². The van der Waals surface area contributed by atoms with E-state index in [9.17, 15) is 0 Å². The van der Waals surface area contributed by atoms with Gasteiger partial charge in [-0.15, -0.1) is 10.9 Å². The van der Waals surface area contributed by atoms with Crippen molar-refractivity contribution < 1.29 is 17.1 Å². The molecule has 0 radical (unpaired) electrons. The van der Waals surface area contributed by atoms with Crippen molar-refractivity contribution in [3.05, 3.63) is 175 Å². The van der Waals surface area contributed by atoms with Gasteiger partial charge in [-0.25, -0.2) is 24.3 Å². The average molecular weight is 582 g/mol. The second-order valence-electron chi connectivity index (χ2n) is 9.05. The van der Waals surface area contributed by atoms with Crippen LogP contribution in [0, 0.1) is 0 Å². The Balaban J connectivity index is 0.000000530. The number of benzene rings is 4. The molecule has 0 unspecified atom stereocenters. The predicted molar refractivity (Wildman–Crippen MR) is 170 cm³/mol. The van der Waals surface area contributed by atoms with Crippen LogP contribution in [0.4, 0.5) is 0 Å². The Bertz CT molecular complexity index is 1360. The van der Waals surface area contributed by atoms with Crippen LogP contribution in [0.2, 0.25) is 0 Å². The molecule has 0 aliphatic heterocycles. The number of hydrogen-bond donors (Lipinski definition) is 0. The Morgan fingerprint density at radius 2 is 0.923 bits per heavy atom. The molecule has 0 aliphatic rings. The van der Waals surface area contributed by atoms with E-state index in [0.717, 1.165) is 0 Å². The SMILES string of the molecule is C[C@@H]([c-]1cccc1P(c1ccccc1)c1ccccc1)P(c1ccccc1)c1ccccc1.[Fe+2].c1cc[cH-]c1. The molecule has 0 aromatic heterocycles. The van der Waals surface area contributed by atoms with Crippen molar-refractivity contribution in [1.82, 2.24) is 0 Å². The van der Waals surface area contributed by atoms with Crippen LogP contribution < -0.4 is 26.5 Å². The molecule has 0 spiro atoms. The summed E-state index contributed by atoms with van der Waals surface area (Å²) in [6.07, 6.45) is 0. The molecule has 0 fully saturated rings. The first kappa shape index (κ1) is 29.0. The third-order valence-corrected chi connectivity index (χ3v) is 11.8.